The highest BCUT2D eigenvalue weighted by Gasteiger charge is 2.39. The van der Waals surface area contributed by atoms with Crippen molar-refractivity contribution in [3.05, 3.63) is 29.6 Å². The van der Waals surface area contributed by atoms with Gasteiger partial charge in [-0.15, -0.1) is 0 Å². The number of β-amino-alcohol motifs (C(OH)–C–C–N with tert-alkyl or cyclic N) is 1. The first-order valence-corrected chi connectivity index (χ1v) is 6.11. The monoisotopic (exact) mass is 293 g/mol. The number of rotatable bonds is 2. The first kappa shape index (κ1) is 14.7. The average molecular weight is 293 g/mol. The third kappa shape index (κ3) is 2.93. The van der Waals surface area contributed by atoms with Crippen LogP contribution in [-0.2, 0) is 4.79 Å². The summed E-state index contributed by atoms with van der Waals surface area (Å²) in [5.74, 6) is -2.02. The first-order valence-electron chi connectivity index (χ1n) is 6.11. The number of likely N-dealkylation sites (tertiary alicyclic amines) is 1. The summed E-state index contributed by atoms with van der Waals surface area (Å²) in [6.07, 6.45) is -1.00. The molecule has 0 spiro atoms. The summed E-state index contributed by atoms with van der Waals surface area (Å²) in [7, 11) is 0. The van der Waals surface area contributed by atoms with Gasteiger partial charge in [0.15, 0.2) is 0 Å². The highest BCUT2D eigenvalue weighted by molar-refractivity contribution is 5.93. The van der Waals surface area contributed by atoms with Crippen LogP contribution in [0.1, 0.15) is 12.0 Å². The minimum Gasteiger partial charge on any atom is -0.480 e. The zero-order valence-corrected chi connectivity index (χ0v) is 10.8. The van der Waals surface area contributed by atoms with Crippen LogP contribution in [0, 0.1) is 17.1 Å². The van der Waals surface area contributed by atoms with Crippen molar-refractivity contribution < 1.29 is 24.2 Å². The molecule has 2 amide bonds. The zero-order chi connectivity index (χ0) is 15.6. The van der Waals surface area contributed by atoms with E-state index < -0.39 is 30.0 Å². The molecular weight excluding hydrogens is 281 g/mol. The number of urea groups is 1. The number of aliphatic hydroxyl groups excluding tert-OH is 1. The van der Waals surface area contributed by atoms with Gasteiger partial charge in [0.1, 0.15) is 23.5 Å². The molecule has 0 aliphatic carbocycles. The standard InChI is InChI=1S/C13H12FN3O4/c14-9-2-1-3-10(8(9)5-15)16-13(21)17-6-7(18)4-11(17)12(19)20/h1-3,7,11,18H,4,6H2,(H,16,21)(H,19,20). The molecule has 21 heavy (non-hydrogen) atoms. The fourth-order valence-corrected chi connectivity index (χ4v) is 2.20. The number of aliphatic hydroxyl groups is 1. The number of benzene rings is 1. The summed E-state index contributed by atoms with van der Waals surface area (Å²) < 4.78 is 13.4. The van der Waals surface area contributed by atoms with Gasteiger partial charge in [0, 0.05) is 13.0 Å². The Kier molecular flexibility index (Phi) is 4.05. The van der Waals surface area contributed by atoms with E-state index in [1.165, 1.54) is 12.1 Å². The van der Waals surface area contributed by atoms with E-state index in [-0.39, 0.29) is 24.2 Å². The molecule has 1 aliphatic heterocycles. The van der Waals surface area contributed by atoms with Crippen LogP contribution in [-0.4, -0.2) is 45.8 Å². The Morgan fingerprint density at radius 1 is 1.48 bits per heavy atom. The number of nitrogens with zero attached hydrogens (tertiary/aromatic N) is 2. The summed E-state index contributed by atoms with van der Waals surface area (Å²) >= 11 is 0. The normalized spacial score (nSPS) is 20.9. The van der Waals surface area contributed by atoms with E-state index in [0.29, 0.717) is 0 Å². The molecule has 2 atom stereocenters. The minimum absolute atomic E-state index is 0.0481. The lowest BCUT2D eigenvalue weighted by molar-refractivity contribution is -0.141. The number of hydrogen-bond acceptors (Lipinski definition) is 4. The third-order valence-corrected chi connectivity index (χ3v) is 3.19. The van der Waals surface area contributed by atoms with Gasteiger partial charge in [0.2, 0.25) is 0 Å². The minimum atomic E-state index is -1.23. The molecule has 3 N–H and O–H groups in total. The van der Waals surface area contributed by atoms with E-state index >= 15 is 0 Å². The first-order chi connectivity index (χ1) is 9.93. The number of anilines is 1. The third-order valence-electron chi connectivity index (χ3n) is 3.19. The topological polar surface area (TPSA) is 114 Å². The fraction of sp³-hybridized carbons (Fsp3) is 0.308. The van der Waals surface area contributed by atoms with Crippen molar-refractivity contribution in [2.75, 3.05) is 11.9 Å². The van der Waals surface area contributed by atoms with Crippen molar-refractivity contribution in [3.8, 4) is 6.07 Å². The van der Waals surface area contributed by atoms with Gasteiger partial charge < -0.3 is 20.4 Å². The number of carboxylic acid groups (broad SMARTS) is 1. The maximum absolute atomic E-state index is 13.4. The van der Waals surface area contributed by atoms with Gasteiger partial charge in [-0.1, -0.05) is 6.07 Å². The van der Waals surface area contributed by atoms with Gasteiger partial charge in [-0.2, -0.15) is 5.26 Å². The highest BCUT2D eigenvalue weighted by Crippen LogP contribution is 2.22. The van der Waals surface area contributed by atoms with E-state index in [2.05, 4.69) is 5.32 Å². The number of hydrogen-bond donors (Lipinski definition) is 3. The molecule has 1 aromatic carbocycles. The van der Waals surface area contributed by atoms with Gasteiger partial charge >= 0.3 is 12.0 Å². The van der Waals surface area contributed by atoms with E-state index in [4.69, 9.17) is 10.4 Å². The maximum atomic E-state index is 13.4. The highest BCUT2D eigenvalue weighted by atomic mass is 19.1. The Bertz CT molecular complexity index is 628. The van der Waals surface area contributed by atoms with Crippen molar-refractivity contribution in [1.29, 1.82) is 5.26 Å². The van der Waals surface area contributed by atoms with Crippen LogP contribution >= 0.6 is 0 Å². The molecule has 2 rings (SSSR count). The number of carboxylic acids is 1. The van der Waals surface area contributed by atoms with Crippen molar-refractivity contribution in [2.24, 2.45) is 0 Å². The molecule has 1 saturated heterocycles. The Morgan fingerprint density at radius 3 is 2.81 bits per heavy atom. The molecule has 0 bridgehead atoms. The lowest BCUT2D eigenvalue weighted by Crippen LogP contribution is -2.43. The van der Waals surface area contributed by atoms with Crippen LogP contribution in [0.15, 0.2) is 18.2 Å². The molecule has 1 fully saturated rings. The van der Waals surface area contributed by atoms with E-state index in [1.807, 2.05) is 0 Å². The summed E-state index contributed by atoms with van der Waals surface area (Å²) in [6, 6.07) is 3.40. The number of nitriles is 1. The van der Waals surface area contributed by atoms with E-state index in [9.17, 15) is 19.1 Å². The molecule has 0 radical (unpaired) electrons. The Hall–Kier alpha value is -2.66. The van der Waals surface area contributed by atoms with Crippen LogP contribution in [0.2, 0.25) is 0 Å². The molecule has 1 aromatic rings. The van der Waals surface area contributed by atoms with E-state index in [0.717, 1.165) is 11.0 Å². The van der Waals surface area contributed by atoms with Crippen LogP contribution in [0.25, 0.3) is 0 Å². The summed E-state index contributed by atoms with van der Waals surface area (Å²) in [6.45, 7) is -0.139. The molecule has 0 saturated carbocycles. The summed E-state index contributed by atoms with van der Waals surface area (Å²) in [4.78, 5) is 24.1. The number of carbonyl (C=O) groups is 2. The number of aliphatic carboxylic acids is 1. The second-order valence-electron chi connectivity index (χ2n) is 4.60. The van der Waals surface area contributed by atoms with Gasteiger partial charge in [-0.05, 0) is 12.1 Å². The second kappa shape index (κ2) is 5.76. The Labute approximate surface area is 119 Å². The maximum Gasteiger partial charge on any atom is 0.326 e. The number of nitrogens with one attached hydrogen (secondary N) is 1. The molecule has 8 heteroatoms. The van der Waals surface area contributed by atoms with Gasteiger partial charge in [0.25, 0.3) is 0 Å². The smallest absolute Gasteiger partial charge is 0.326 e. The van der Waals surface area contributed by atoms with Gasteiger partial charge in [-0.3, -0.25) is 0 Å². The molecule has 110 valence electrons. The summed E-state index contributed by atoms with van der Waals surface area (Å²) in [5.41, 5.74) is -0.384. The Balaban J connectivity index is 2.21. The number of halogens is 1. The average Bonchev–Trinajstić information content (AvgIpc) is 2.81. The van der Waals surface area contributed by atoms with Crippen LogP contribution in [0.5, 0.6) is 0 Å². The van der Waals surface area contributed by atoms with Crippen LogP contribution in [0.4, 0.5) is 14.9 Å². The molecular formula is C13H12FN3O4. The number of amides is 2. The van der Waals surface area contributed by atoms with Gasteiger partial charge in [0.05, 0.1) is 11.8 Å². The van der Waals surface area contributed by atoms with Gasteiger partial charge in [-0.25, -0.2) is 14.0 Å². The van der Waals surface area contributed by atoms with Crippen molar-refractivity contribution >= 4 is 17.7 Å². The SMILES string of the molecule is N#Cc1c(F)cccc1NC(=O)N1CC(O)CC1C(=O)O. The Morgan fingerprint density at radius 2 is 2.19 bits per heavy atom. The van der Waals surface area contributed by atoms with Crippen molar-refractivity contribution in [2.45, 2.75) is 18.6 Å². The molecule has 2 unspecified atom stereocenters. The quantitative estimate of drug-likeness (QED) is 0.744. The van der Waals surface area contributed by atoms with Crippen LogP contribution in [0.3, 0.4) is 0 Å². The van der Waals surface area contributed by atoms with Crippen molar-refractivity contribution in [3.63, 3.8) is 0 Å². The lowest BCUT2D eigenvalue weighted by Gasteiger charge is -2.21. The van der Waals surface area contributed by atoms with E-state index in [1.54, 1.807) is 6.07 Å². The zero-order valence-electron chi connectivity index (χ0n) is 10.8. The predicted molar refractivity (Wildman–Crippen MR) is 68.9 cm³/mol. The molecule has 1 aliphatic rings. The van der Waals surface area contributed by atoms with Crippen molar-refractivity contribution in [1.82, 2.24) is 4.90 Å². The predicted octanol–water partition coefficient (Wildman–Crippen LogP) is 0.749. The molecule has 0 aromatic heterocycles. The molecule has 1 heterocycles. The lowest BCUT2D eigenvalue weighted by atomic mass is 10.2. The van der Waals surface area contributed by atoms with Crippen LogP contribution < -0.4 is 5.32 Å². The largest absolute Gasteiger partial charge is 0.480 e. The molecule has 7 nitrogen and oxygen atoms in total. The second-order valence-corrected chi connectivity index (χ2v) is 4.60. The summed E-state index contributed by atoms with van der Waals surface area (Å²) in [5, 5.41) is 29.7. The fourth-order valence-electron chi connectivity index (χ4n) is 2.20. The number of carbonyl (C=O) groups excluding carboxylic acids is 1.